The van der Waals surface area contributed by atoms with E-state index in [1.807, 2.05) is 20.8 Å². The maximum absolute atomic E-state index is 10.9. The van der Waals surface area contributed by atoms with Gasteiger partial charge in [0.25, 0.3) is 0 Å². The number of oxazole rings is 1. The first-order chi connectivity index (χ1) is 10.0. The molecule has 0 amide bonds. The molecule has 21 heavy (non-hydrogen) atoms. The van der Waals surface area contributed by atoms with E-state index in [1.165, 1.54) is 0 Å². The van der Waals surface area contributed by atoms with Gasteiger partial charge in [-0.1, -0.05) is 0 Å². The van der Waals surface area contributed by atoms with Crippen LogP contribution in [0.25, 0.3) is 0 Å². The van der Waals surface area contributed by atoms with E-state index in [9.17, 15) is 4.79 Å². The van der Waals surface area contributed by atoms with E-state index in [4.69, 9.17) is 13.9 Å². The Morgan fingerprint density at radius 1 is 1.33 bits per heavy atom. The van der Waals surface area contributed by atoms with Gasteiger partial charge in [-0.2, -0.15) is 0 Å². The molecule has 112 valence electrons. The molecule has 0 aliphatic rings. The Hall–Kier alpha value is -1.82. The zero-order valence-corrected chi connectivity index (χ0v) is 13.7. The van der Waals surface area contributed by atoms with Gasteiger partial charge in [-0.25, -0.2) is 4.98 Å². The topological polar surface area (TPSA) is 61.6 Å². The molecule has 0 N–H and O–H groups in total. The number of halogens is 1. The van der Waals surface area contributed by atoms with Gasteiger partial charge in [-0.05, 0) is 48.8 Å². The molecule has 1 aromatic heterocycles. The van der Waals surface area contributed by atoms with Gasteiger partial charge in [-0.15, -0.1) is 0 Å². The predicted molar refractivity (Wildman–Crippen MR) is 81.0 cm³/mol. The van der Waals surface area contributed by atoms with Crippen molar-refractivity contribution in [3.8, 4) is 11.5 Å². The zero-order valence-electron chi connectivity index (χ0n) is 12.1. The smallest absolute Gasteiger partial charge is 0.232 e. The Kier molecular flexibility index (Phi) is 5.01. The molecule has 6 heteroatoms. The third-order valence-electron chi connectivity index (χ3n) is 2.88. The minimum absolute atomic E-state index is 0.188. The number of aryl methyl sites for hydroxylation is 2. The highest BCUT2D eigenvalue weighted by Crippen LogP contribution is 2.37. The highest BCUT2D eigenvalue weighted by atomic mass is 79.9. The molecule has 0 spiro atoms. The van der Waals surface area contributed by atoms with Gasteiger partial charge >= 0.3 is 0 Å². The summed E-state index contributed by atoms with van der Waals surface area (Å²) < 4.78 is 17.4. The first-order valence-corrected chi connectivity index (χ1v) is 7.31. The Bertz CT molecular complexity index is 632. The first kappa shape index (κ1) is 15.6. The summed E-state index contributed by atoms with van der Waals surface area (Å²) in [5.74, 6) is 2.30. The first-order valence-electron chi connectivity index (χ1n) is 6.52. The molecule has 2 rings (SSSR count). The maximum atomic E-state index is 10.9. The number of carbonyl (C=O) groups excluding carboxylic acids is 1. The Morgan fingerprint density at radius 2 is 2.10 bits per heavy atom. The number of hydrogen-bond donors (Lipinski definition) is 0. The third-order valence-corrected chi connectivity index (χ3v) is 3.47. The van der Waals surface area contributed by atoms with Crippen LogP contribution in [0, 0.1) is 13.8 Å². The van der Waals surface area contributed by atoms with Gasteiger partial charge in [-0.3, -0.25) is 4.79 Å². The fraction of sp³-hybridized carbons (Fsp3) is 0.333. The number of rotatable bonds is 6. The SMILES string of the molecule is CCOc1cc(C=O)cc(Br)c1OCc1nc(C)c(C)o1. The van der Waals surface area contributed by atoms with Crippen LogP contribution in [-0.4, -0.2) is 17.9 Å². The van der Waals surface area contributed by atoms with E-state index in [1.54, 1.807) is 12.1 Å². The summed E-state index contributed by atoms with van der Waals surface area (Å²) in [7, 11) is 0. The predicted octanol–water partition coefficient (Wildman–Crippen LogP) is 3.84. The number of nitrogens with zero attached hydrogens (tertiary/aromatic N) is 1. The second-order valence-electron chi connectivity index (χ2n) is 4.42. The molecule has 0 aliphatic carbocycles. The van der Waals surface area contributed by atoms with Crippen LogP contribution in [-0.2, 0) is 6.61 Å². The molecule has 5 nitrogen and oxygen atoms in total. The zero-order chi connectivity index (χ0) is 15.4. The normalized spacial score (nSPS) is 10.5. The van der Waals surface area contributed by atoms with Crippen molar-refractivity contribution in [3.63, 3.8) is 0 Å². The molecule has 0 saturated carbocycles. The van der Waals surface area contributed by atoms with Gasteiger partial charge in [0.2, 0.25) is 5.89 Å². The molecule has 0 bridgehead atoms. The van der Waals surface area contributed by atoms with Crippen LogP contribution in [0.4, 0.5) is 0 Å². The minimum Gasteiger partial charge on any atom is -0.490 e. The fourth-order valence-electron chi connectivity index (χ4n) is 1.79. The summed E-state index contributed by atoms with van der Waals surface area (Å²) >= 11 is 3.39. The van der Waals surface area contributed by atoms with Crippen LogP contribution in [0.3, 0.4) is 0 Å². The van der Waals surface area contributed by atoms with Crippen LogP contribution in [0.1, 0.15) is 34.6 Å². The Morgan fingerprint density at radius 3 is 2.67 bits per heavy atom. The summed E-state index contributed by atoms with van der Waals surface area (Å²) in [6.07, 6.45) is 0.762. The number of hydrogen-bond acceptors (Lipinski definition) is 5. The number of benzene rings is 1. The monoisotopic (exact) mass is 353 g/mol. The number of aromatic nitrogens is 1. The van der Waals surface area contributed by atoms with E-state index >= 15 is 0 Å². The third kappa shape index (κ3) is 3.64. The Labute approximate surface area is 131 Å². The standard InChI is InChI=1S/C15H16BrNO4/c1-4-19-13-6-11(7-18)5-12(16)15(13)20-8-14-17-9(2)10(3)21-14/h5-7H,4,8H2,1-3H3. The lowest BCUT2D eigenvalue weighted by Crippen LogP contribution is -2.01. The molecule has 0 radical (unpaired) electrons. The molecule has 0 fully saturated rings. The highest BCUT2D eigenvalue weighted by molar-refractivity contribution is 9.10. The highest BCUT2D eigenvalue weighted by Gasteiger charge is 2.14. The van der Waals surface area contributed by atoms with E-state index in [0.29, 0.717) is 34.0 Å². The van der Waals surface area contributed by atoms with Crippen LogP contribution in [0.15, 0.2) is 21.0 Å². The van der Waals surface area contributed by atoms with Gasteiger partial charge in [0.05, 0.1) is 16.8 Å². The van der Waals surface area contributed by atoms with Crippen molar-refractivity contribution in [1.29, 1.82) is 0 Å². The lowest BCUT2D eigenvalue weighted by atomic mass is 10.2. The van der Waals surface area contributed by atoms with E-state index in [0.717, 1.165) is 17.7 Å². The van der Waals surface area contributed by atoms with Crippen LogP contribution >= 0.6 is 15.9 Å². The summed E-state index contributed by atoms with van der Waals surface area (Å²) in [6.45, 7) is 6.26. The number of carbonyl (C=O) groups is 1. The molecule has 0 aliphatic heterocycles. The molecule has 0 unspecified atom stereocenters. The number of ether oxygens (including phenoxy) is 2. The van der Waals surface area contributed by atoms with Crippen LogP contribution in [0.5, 0.6) is 11.5 Å². The second kappa shape index (κ2) is 6.76. The van der Waals surface area contributed by atoms with Crippen molar-refractivity contribution in [3.05, 3.63) is 39.5 Å². The molecular weight excluding hydrogens is 338 g/mol. The van der Waals surface area contributed by atoms with Gasteiger partial charge in [0.15, 0.2) is 18.1 Å². The van der Waals surface area contributed by atoms with Gasteiger partial charge < -0.3 is 13.9 Å². The molecule has 1 heterocycles. The van der Waals surface area contributed by atoms with Crippen LogP contribution < -0.4 is 9.47 Å². The van der Waals surface area contributed by atoms with E-state index in [-0.39, 0.29) is 6.61 Å². The average Bonchev–Trinajstić information content (AvgIpc) is 2.77. The Balaban J connectivity index is 2.23. The maximum Gasteiger partial charge on any atom is 0.232 e. The van der Waals surface area contributed by atoms with Crippen molar-refractivity contribution < 1.29 is 18.7 Å². The van der Waals surface area contributed by atoms with Crippen molar-refractivity contribution in [2.24, 2.45) is 0 Å². The summed E-state index contributed by atoms with van der Waals surface area (Å²) in [4.78, 5) is 15.2. The van der Waals surface area contributed by atoms with Gasteiger partial charge in [0.1, 0.15) is 12.0 Å². The minimum atomic E-state index is 0.188. The van der Waals surface area contributed by atoms with Crippen molar-refractivity contribution in [2.45, 2.75) is 27.4 Å². The molecular formula is C15H16BrNO4. The lowest BCUT2D eigenvalue weighted by Gasteiger charge is -2.13. The number of aldehydes is 1. The van der Waals surface area contributed by atoms with E-state index < -0.39 is 0 Å². The molecule has 0 saturated heterocycles. The van der Waals surface area contributed by atoms with Crippen LogP contribution in [0.2, 0.25) is 0 Å². The largest absolute Gasteiger partial charge is 0.490 e. The van der Waals surface area contributed by atoms with E-state index in [2.05, 4.69) is 20.9 Å². The van der Waals surface area contributed by atoms with Crippen molar-refractivity contribution in [2.75, 3.05) is 6.61 Å². The molecule has 0 atom stereocenters. The van der Waals surface area contributed by atoms with Crippen molar-refractivity contribution >= 4 is 22.2 Å². The quantitative estimate of drug-likeness (QED) is 0.738. The molecule has 2 aromatic rings. The average molecular weight is 354 g/mol. The fourth-order valence-corrected chi connectivity index (χ4v) is 2.37. The van der Waals surface area contributed by atoms with Gasteiger partial charge in [0, 0.05) is 5.56 Å². The summed E-state index contributed by atoms with van der Waals surface area (Å²) in [5.41, 5.74) is 1.36. The van der Waals surface area contributed by atoms with Crippen molar-refractivity contribution in [1.82, 2.24) is 4.98 Å². The lowest BCUT2D eigenvalue weighted by molar-refractivity contribution is 0.112. The molecule has 1 aromatic carbocycles. The summed E-state index contributed by atoms with van der Waals surface area (Å²) in [6, 6.07) is 3.32. The summed E-state index contributed by atoms with van der Waals surface area (Å²) in [5, 5.41) is 0. The second-order valence-corrected chi connectivity index (χ2v) is 5.27.